The van der Waals surface area contributed by atoms with Gasteiger partial charge in [0.25, 0.3) is 0 Å². The van der Waals surface area contributed by atoms with Gasteiger partial charge in [0.1, 0.15) is 5.82 Å². The fourth-order valence-corrected chi connectivity index (χ4v) is 2.37. The van der Waals surface area contributed by atoms with E-state index in [0.717, 1.165) is 19.3 Å². The first-order chi connectivity index (χ1) is 9.16. The molecule has 0 aromatic carbocycles. The molecule has 2 N–H and O–H groups in total. The molecule has 5 nitrogen and oxygen atoms in total. The van der Waals surface area contributed by atoms with Gasteiger partial charge in [-0.15, -0.1) is 0 Å². The second kappa shape index (κ2) is 6.31. The Morgan fingerprint density at radius 1 is 1.21 bits per heavy atom. The highest BCUT2D eigenvalue weighted by atomic mass is 16.2. The van der Waals surface area contributed by atoms with Gasteiger partial charge in [-0.3, -0.25) is 9.59 Å². The number of aromatic nitrogens is 1. The Bertz CT molecular complexity index is 447. The molecule has 19 heavy (non-hydrogen) atoms. The normalized spacial score (nSPS) is 22.6. The molecular weight excluding hydrogens is 242 g/mol. The van der Waals surface area contributed by atoms with Crippen LogP contribution in [0.15, 0.2) is 24.4 Å². The van der Waals surface area contributed by atoms with Crippen molar-refractivity contribution in [3.05, 3.63) is 24.4 Å². The Labute approximate surface area is 112 Å². The average Bonchev–Trinajstić information content (AvgIpc) is 2.42. The monoisotopic (exact) mass is 261 g/mol. The summed E-state index contributed by atoms with van der Waals surface area (Å²) in [6.45, 7) is 2.11. The third kappa shape index (κ3) is 3.77. The highest BCUT2D eigenvalue weighted by Crippen LogP contribution is 2.23. The van der Waals surface area contributed by atoms with Crippen molar-refractivity contribution in [3.63, 3.8) is 0 Å². The highest BCUT2D eigenvalue weighted by Gasteiger charge is 2.25. The summed E-state index contributed by atoms with van der Waals surface area (Å²) in [5.41, 5.74) is 0. The number of nitrogens with zero attached hydrogens (tertiary/aromatic N) is 1. The van der Waals surface area contributed by atoms with Crippen LogP contribution in [0.3, 0.4) is 0 Å². The van der Waals surface area contributed by atoms with E-state index >= 15 is 0 Å². The first-order valence-corrected chi connectivity index (χ1v) is 6.69. The maximum Gasteiger partial charge on any atom is 0.314 e. The van der Waals surface area contributed by atoms with E-state index in [1.807, 2.05) is 0 Å². The van der Waals surface area contributed by atoms with Crippen molar-refractivity contribution in [3.8, 4) is 0 Å². The number of amides is 2. The molecule has 2 amide bonds. The van der Waals surface area contributed by atoms with Gasteiger partial charge < -0.3 is 10.6 Å². The Kier molecular flexibility index (Phi) is 4.49. The van der Waals surface area contributed by atoms with Crippen molar-refractivity contribution in [2.75, 3.05) is 5.32 Å². The topological polar surface area (TPSA) is 71.1 Å². The molecule has 1 heterocycles. The van der Waals surface area contributed by atoms with Crippen molar-refractivity contribution in [2.45, 2.75) is 38.6 Å². The lowest BCUT2D eigenvalue weighted by atomic mass is 9.86. The molecule has 2 rings (SSSR count). The fraction of sp³-hybridized carbons (Fsp3) is 0.500. The van der Waals surface area contributed by atoms with Gasteiger partial charge in [0.2, 0.25) is 0 Å². The highest BCUT2D eigenvalue weighted by molar-refractivity contribution is 6.39. The van der Waals surface area contributed by atoms with Crippen molar-refractivity contribution in [1.29, 1.82) is 0 Å². The number of carbonyl (C=O) groups is 2. The predicted octanol–water partition coefficient (Wildman–Crippen LogP) is 1.71. The van der Waals surface area contributed by atoms with Gasteiger partial charge in [-0.25, -0.2) is 4.98 Å². The van der Waals surface area contributed by atoms with Crippen LogP contribution in [0, 0.1) is 5.92 Å². The van der Waals surface area contributed by atoms with Gasteiger partial charge in [-0.1, -0.05) is 25.8 Å². The second-order valence-electron chi connectivity index (χ2n) is 5.01. The molecule has 1 fully saturated rings. The van der Waals surface area contributed by atoms with E-state index in [9.17, 15) is 9.59 Å². The third-order valence-corrected chi connectivity index (χ3v) is 3.54. The minimum Gasteiger partial charge on any atom is -0.345 e. The lowest BCUT2D eigenvalue weighted by Crippen LogP contribution is -2.45. The fourth-order valence-electron chi connectivity index (χ4n) is 2.37. The molecule has 102 valence electrons. The van der Waals surface area contributed by atoms with E-state index in [-0.39, 0.29) is 6.04 Å². The van der Waals surface area contributed by atoms with Crippen LogP contribution in [0.5, 0.6) is 0 Å². The van der Waals surface area contributed by atoms with Crippen LogP contribution in [0.4, 0.5) is 5.82 Å². The summed E-state index contributed by atoms with van der Waals surface area (Å²) in [5, 5.41) is 5.29. The minimum absolute atomic E-state index is 0.107. The molecule has 1 saturated carbocycles. The van der Waals surface area contributed by atoms with E-state index in [1.54, 1.807) is 24.4 Å². The SMILES string of the molecule is CC1CCCCC1NC(=O)C(=O)Nc1ccccn1. The number of hydrogen-bond acceptors (Lipinski definition) is 3. The summed E-state index contributed by atoms with van der Waals surface area (Å²) in [4.78, 5) is 27.5. The zero-order valence-corrected chi connectivity index (χ0v) is 11.1. The van der Waals surface area contributed by atoms with Crippen LogP contribution in [-0.2, 0) is 9.59 Å². The van der Waals surface area contributed by atoms with Gasteiger partial charge in [0.05, 0.1) is 0 Å². The number of nitrogens with one attached hydrogen (secondary N) is 2. The van der Waals surface area contributed by atoms with Crippen LogP contribution in [0.2, 0.25) is 0 Å². The van der Waals surface area contributed by atoms with E-state index in [4.69, 9.17) is 0 Å². The zero-order chi connectivity index (χ0) is 13.7. The van der Waals surface area contributed by atoms with E-state index in [2.05, 4.69) is 22.5 Å². The molecular formula is C14H19N3O2. The molecule has 1 aromatic rings. The average molecular weight is 261 g/mol. The smallest absolute Gasteiger partial charge is 0.314 e. The minimum atomic E-state index is -0.656. The number of anilines is 1. The summed E-state index contributed by atoms with van der Waals surface area (Å²) in [7, 11) is 0. The molecule has 2 unspecified atom stereocenters. The number of hydrogen-bond donors (Lipinski definition) is 2. The first kappa shape index (κ1) is 13.5. The van der Waals surface area contributed by atoms with E-state index < -0.39 is 11.8 Å². The summed E-state index contributed by atoms with van der Waals surface area (Å²) < 4.78 is 0. The largest absolute Gasteiger partial charge is 0.345 e. The molecule has 1 aliphatic carbocycles. The molecule has 1 aliphatic rings. The number of pyridine rings is 1. The summed E-state index contributed by atoms with van der Waals surface area (Å²) in [5.74, 6) is -0.416. The standard InChI is InChI=1S/C14H19N3O2/c1-10-6-2-3-7-11(10)16-13(18)14(19)17-12-8-4-5-9-15-12/h4-5,8-11H,2-3,6-7H2,1H3,(H,16,18)(H,15,17,19). The molecule has 5 heteroatoms. The van der Waals surface area contributed by atoms with Crippen molar-refractivity contribution in [1.82, 2.24) is 10.3 Å². The van der Waals surface area contributed by atoms with Gasteiger partial charge in [0, 0.05) is 12.2 Å². The van der Waals surface area contributed by atoms with Gasteiger partial charge >= 0.3 is 11.8 Å². The maximum absolute atomic E-state index is 11.8. The Hall–Kier alpha value is -1.91. The predicted molar refractivity (Wildman–Crippen MR) is 72.4 cm³/mol. The molecule has 0 radical (unpaired) electrons. The number of rotatable bonds is 2. The molecule has 0 bridgehead atoms. The second-order valence-corrected chi connectivity index (χ2v) is 5.01. The Morgan fingerprint density at radius 2 is 2.00 bits per heavy atom. The van der Waals surface area contributed by atoms with Crippen LogP contribution in [0.1, 0.15) is 32.6 Å². The lowest BCUT2D eigenvalue weighted by Gasteiger charge is -2.29. The van der Waals surface area contributed by atoms with Crippen LogP contribution in [0.25, 0.3) is 0 Å². The van der Waals surface area contributed by atoms with Gasteiger partial charge in [-0.05, 0) is 30.9 Å². The van der Waals surface area contributed by atoms with Crippen molar-refractivity contribution < 1.29 is 9.59 Å². The maximum atomic E-state index is 11.8. The van der Waals surface area contributed by atoms with Crippen molar-refractivity contribution in [2.24, 2.45) is 5.92 Å². The Balaban J connectivity index is 1.87. The van der Waals surface area contributed by atoms with E-state index in [1.165, 1.54) is 6.42 Å². The van der Waals surface area contributed by atoms with Gasteiger partial charge in [0.15, 0.2) is 0 Å². The lowest BCUT2D eigenvalue weighted by molar-refractivity contribution is -0.137. The van der Waals surface area contributed by atoms with Crippen LogP contribution < -0.4 is 10.6 Å². The van der Waals surface area contributed by atoms with Crippen LogP contribution in [-0.4, -0.2) is 22.8 Å². The molecule has 0 saturated heterocycles. The molecule has 1 aromatic heterocycles. The van der Waals surface area contributed by atoms with Gasteiger partial charge in [-0.2, -0.15) is 0 Å². The Morgan fingerprint density at radius 3 is 2.68 bits per heavy atom. The molecule has 0 spiro atoms. The van der Waals surface area contributed by atoms with E-state index in [0.29, 0.717) is 11.7 Å². The summed E-state index contributed by atoms with van der Waals surface area (Å²) >= 11 is 0. The third-order valence-electron chi connectivity index (χ3n) is 3.54. The first-order valence-electron chi connectivity index (χ1n) is 6.69. The van der Waals surface area contributed by atoms with Crippen LogP contribution >= 0.6 is 0 Å². The summed E-state index contributed by atoms with van der Waals surface area (Å²) in [6.07, 6.45) is 5.93. The zero-order valence-electron chi connectivity index (χ0n) is 11.1. The molecule has 0 aliphatic heterocycles. The number of carbonyl (C=O) groups excluding carboxylic acids is 2. The molecule has 2 atom stereocenters. The quantitative estimate of drug-likeness (QED) is 0.796. The summed E-state index contributed by atoms with van der Waals surface area (Å²) in [6, 6.07) is 5.26. The van der Waals surface area contributed by atoms with Crippen molar-refractivity contribution >= 4 is 17.6 Å².